The van der Waals surface area contributed by atoms with Gasteiger partial charge in [0.1, 0.15) is 5.82 Å². The standard InChI is InChI=1S/C20H24ClN5O/c1-3-22-20-23-13(2)10-18(24-20)25-11-16-8-9-17(12-25)26(16)19(27)14-4-6-15(21)7-5-14/h4-7,10,16-17H,3,8-9,11-12H2,1-2H3,(H,22,23,24). The summed E-state index contributed by atoms with van der Waals surface area (Å²) in [5.41, 5.74) is 1.65. The van der Waals surface area contributed by atoms with E-state index in [2.05, 4.69) is 25.1 Å². The Kier molecular flexibility index (Phi) is 4.91. The number of amides is 1. The molecule has 142 valence electrons. The van der Waals surface area contributed by atoms with E-state index in [4.69, 9.17) is 11.6 Å². The molecule has 2 bridgehead atoms. The zero-order chi connectivity index (χ0) is 19.0. The summed E-state index contributed by atoms with van der Waals surface area (Å²) in [5, 5.41) is 3.84. The number of carbonyl (C=O) groups is 1. The summed E-state index contributed by atoms with van der Waals surface area (Å²) < 4.78 is 0. The van der Waals surface area contributed by atoms with Crippen molar-refractivity contribution in [2.45, 2.75) is 38.8 Å². The molecule has 2 unspecified atom stereocenters. The van der Waals surface area contributed by atoms with Crippen molar-refractivity contribution in [3.05, 3.63) is 46.6 Å². The fourth-order valence-corrected chi connectivity index (χ4v) is 4.24. The number of halogens is 1. The molecule has 4 rings (SSSR count). The van der Waals surface area contributed by atoms with E-state index in [1.165, 1.54) is 0 Å². The van der Waals surface area contributed by atoms with Gasteiger partial charge in [-0.05, 0) is 51.0 Å². The number of nitrogens with one attached hydrogen (secondary N) is 1. The number of fused-ring (bicyclic) bond motifs is 2. The maximum atomic E-state index is 13.0. The van der Waals surface area contributed by atoms with Crippen LogP contribution in [0.25, 0.3) is 0 Å². The number of aromatic nitrogens is 2. The van der Waals surface area contributed by atoms with Crippen molar-refractivity contribution in [2.24, 2.45) is 0 Å². The Morgan fingerprint density at radius 2 is 1.85 bits per heavy atom. The third kappa shape index (κ3) is 3.58. The van der Waals surface area contributed by atoms with Gasteiger partial charge < -0.3 is 15.1 Å². The normalized spacial score (nSPS) is 21.4. The van der Waals surface area contributed by atoms with Gasteiger partial charge >= 0.3 is 0 Å². The molecule has 0 spiro atoms. The highest BCUT2D eigenvalue weighted by Gasteiger charge is 2.43. The fourth-order valence-electron chi connectivity index (χ4n) is 4.11. The lowest BCUT2D eigenvalue weighted by Crippen LogP contribution is -2.56. The minimum Gasteiger partial charge on any atom is -0.354 e. The highest BCUT2D eigenvalue weighted by molar-refractivity contribution is 6.30. The second-order valence-corrected chi connectivity index (χ2v) is 7.67. The van der Waals surface area contributed by atoms with Crippen molar-refractivity contribution in [3.63, 3.8) is 0 Å². The van der Waals surface area contributed by atoms with Crippen LogP contribution in [-0.4, -0.2) is 52.5 Å². The second kappa shape index (κ2) is 7.35. The van der Waals surface area contributed by atoms with Crippen LogP contribution in [-0.2, 0) is 0 Å². The number of nitrogens with zero attached hydrogens (tertiary/aromatic N) is 4. The highest BCUT2D eigenvalue weighted by atomic mass is 35.5. The average molecular weight is 386 g/mol. The van der Waals surface area contributed by atoms with E-state index in [9.17, 15) is 4.79 Å². The van der Waals surface area contributed by atoms with Gasteiger partial charge in [-0.2, -0.15) is 4.98 Å². The molecule has 27 heavy (non-hydrogen) atoms. The molecule has 1 aromatic carbocycles. The van der Waals surface area contributed by atoms with Gasteiger partial charge in [0, 0.05) is 42.0 Å². The summed E-state index contributed by atoms with van der Waals surface area (Å²) in [4.78, 5) is 26.5. The summed E-state index contributed by atoms with van der Waals surface area (Å²) in [5.74, 6) is 1.71. The van der Waals surface area contributed by atoms with Crippen molar-refractivity contribution in [1.29, 1.82) is 0 Å². The number of carbonyl (C=O) groups excluding carboxylic acids is 1. The molecule has 0 aliphatic carbocycles. The van der Waals surface area contributed by atoms with Crippen LogP contribution in [0.15, 0.2) is 30.3 Å². The predicted octanol–water partition coefficient (Wildman–Crippen LogP) is 3.36. The first-order chi connectivity index (χ1) is 13.0. The molecule has 1 aromatic heterocycles. The van der Waals surface area contributed by atoms with Crippen molar-refractivity contribution >= 4 is 29.3 Å². The van der Waals surface area contributed by atoms with Crippen LogP contribution in [0.3, 0.4) is 0 Å². The van der Waals surface area contributed by atoms with E-state index in [-0.39, 0.29) is 18.0 Å². The van der Waals surface area contributed by atoms with Gasteiger partial charge in [0.05, 0.1) is 12.1 Å². The molecule has 3 heterocycles. The zero-order valence-corrected chi connectivity index (χ0v) is 16.4. The number of rotatable bonds is 4. The highest BCUT2D eigenvalue weighted by Crippen LogP contribution is 2.33. The lowest BCUT2D eigenvalue weighted by Gasteiger charge is -2.41. The van der Waals surface area contributed by atoms with Crippen molar-refractivity contribution in [2.75, 3.05) is 29.9 Å². The van der Waals surface area contributed by atoms with Crippen LogP contribution < -0.4 is 10.2 Å². The number of aryl methyl sites for hydroxylation is 1. The number of piperazine rings is 1. The molecule has 2 aromatic rings. The molecular weight excluding hydrogens is 362 g/mol. The Morgan fingerprint density at radius 1 is 1.19 bits per heavy atom. The largest absolute Gasteiger partial charge is 0.354 e. The van der Waals surface area contributed by atoms with Crippen molar-refractivity contribution < 1.29 is 4.79 Å². The Hall–Kier alpha value is -2.34. The molecule has 2 aliphatic rings. The van der Waals surface area contributed by atoms with Crippen LogP contribution in [0, 0.1) is 6.92 Å². The Morgan fingerprint density at radius 3 is 2.48 bits per heavy atom. The van der Waals surface area contributed by atoms with Crippen LogP contribution in [0.2, 0.25) is 5.02 Å². The summed E-state index contributed by atoms with van der Waals surface area (Å²) in [7, 11) is 0. The predicted molar refractivity (Wildman–Crippen MR) is 108 cm³/mol. The number of hydrogen-bond donors (Lipinski definition) is 1. The molecule has 7 heteroatoms. The first kappa shape index (κ1) is 18.0. The Labute approximate surface area is 164 Å². The SMILES string of the molecule is CCNc1nc(C)cc(N2CC3CCC(C2)N3C(=O)c2ccc(Cl)cc2)n1. The number of anilines is 2. The third-order valence-electron chi connectivity index (χ3n) is 5.31. The van der Waals surface area contributed by atoms with E-state index < -0.39 is 0 Å². The van der Waals surface area contributed by atoms with Crippen LogP contribution >= 0.6 is 11.6 Å². The average Bonchev–Trinajstić information content (AvgIpc) is 2.91. The first-order valence-corrected chi connectivity index (χ1v) is 9.85. The molecule has 2 saturated heterocycles. The van der Waals surface area contributed by atoms with E-state index in [0.29, 0.717) is 16.5 Å². The molecule has 1 amide bonds. The van der Waals surface area contributed by atoms with Gasteiger partial charge in [-0.25, -0.2) is 4.98 Å². The van der Waals surface area contributed by atoms with Gasteiger partial charge in [0.25, 0.3) is 5.91 Å². The maximum Gasteiger partial charge on any atom is 0.254 e. The molecule has 2 fully saturated rings. The maximum absolute atomic E-state index is 13.0. The van der Waals surface area contributed by atoms with Crippen LogP contribution in [0.4, 0.5) is 11.8 Å². The van der Waals surface area contributed by atoms with Crippen LogP contribution in [0.5, 0.6) is 0 Å². The lowest BCUT2D eigenvalue weighted by molar-refractivity contribution is 0.0641. The lowest BCUT2D eigenvalue weighted by atomic mass is 10.1. The van der Waals surface area contributed by atoms with Gasteiger partial charge in [-0.1, -0.05) is 11.6 Å². The van der Waals surface area contributed by atoms with Gasteiger partial charge in [-0.15, -0.1) is 0 Å². The minimum absolute atomic E-state index is 0.103. The molecule has 0 radical (unpaired) electrons. The zero-order valence-electron chi connectivity index (χ0n) is 15.7. The number of benzene rings is 1. The summed E-state index contributed by atoms with van der Waals surface area (Å²) in [6.07, 6.45) is 2.06. The first-order valence-electron chi connectivity index (χ1n) is 9.48. The Balaban J connectivity index is 1.54. The van der Waals surface area contributed by atoms with Gasteiger partial charge in [0.2, 0.25) is 5.95 Å². The van der Waals surface area contributed by atoms with Gasteiger partial charge in [-0.3, -0.25) is 4.79 Å². The molecule has 2 aliphatic heterocycles. The smallest absolute Gasteiger partial charge is 0.254 e. The second-order valence-electron chi connectivity index (χ2n) is 7.23. The Bertz CT molecular complexity index is 827. The summed E-state index contributed by atoms with van der Waals surface area (Å²) >= 11 is 5.96. The molecule has 1 N–H and O–H groups in total. The van der Waals surface area contributed by atoms with Crippen molar-refractivity contribution in [3.8, 4) is 0 Å². The van der Waals surface area contributed by atoms with E-state index >= 15 is 0 Å². The molecule has 0 saturated carbocycles. The fraction of sp³-hybridized carbons (Fsp3) is 0.450. The van der Waals surface area contributed by atoms with E-state index in [1.54, 1.807) is 12.1 Å². The van der Waals surface area contributed by atoms with Crippen molar-refractivity contribution in [1.82, 2.24) is 14.9 Å². The molecular formula is C20H24ClN5O. The minimum atomic E-state index is 0.103. The number of hydrogen-bond acceptors (Lipinski definition) is 5. The van der Waals surface area contributed by atoms with Crippen LogP contribution in [0.1, 0.15) is 35.8 Å². The third-order valence-corrected chi connectivity index (χ3v) is 5.56. The quantitative estimate of drug-likeness (QED) is 0.874. The van der Waals surface area contributed by atoms with Gasteiger partial charge in [0.15, 0.2) is 0 Å². The topological polar surface area (TPSA) is 61.4 Å². The van der Waals surface area contributed by atoms with E-state index in [1.807, 2.05) is 32.0 Å². The molecule has 2 atom stereocenters. The monoisotopic (exact) mass is 385 g/mol. The molecule has 6 nitrogen and oxygen atoms in total. The summed E-state index contributed by atoms with van der Waals surface area (Å²) in [6, 6.07) is 9.63. The van der Waals surface area contributed by atoms with E-state index in [0.717, 1.165) is 44.0 Å². The summed E-state index contributed by atoms with van der Waals surface area (Å²) in [6.45, 7) is 6.42.